The number of pyridine rings is 2. The summed E-state index contributed by atoms with van der Waals surface area (Å²) in [5.74, 6) is 0. The highest BCUT2D eigenvalue weighted by Crippen LogP contribution is 2.33. The zero-order valence-electron chi connectivity index (χ0n) is 19.7. The summed E-state index contributed by atoms with van der Waals surface area (Å²) in [6.45, 7) is 0. The molecule has 7 heteroatoms. The average Bonchev–Trinajstić information content (AvgIpc) is 2.94. The lowest BCUT2D eigenvalue weighted by molar-refractivity contribution is -0.105. The fourth-order valence-corrected chi connectivity index (χ4v) is 4.56. The van der Waals surface area contributed by atoms with Gasteiger partial charge in [-0.1, -0.05) is 66.7 Å². The summed E-state index contributed by atoms with van der Waals surface area (Å²) < 4.78 is 1.52. The summed E-state index contributed by atoms with van der Waals surface area (Å²) in [6.07, 6.45) is 2.60. The Hall–Kier alpha value is -5.17. The number of hydrogen-bond donors (Lipinski definition) is 1. The number of benzene rings is 3. The Morgan fingerprint density at radius 3 is 2.46 bits per heavy atom. The van der Waals surface area contributed by atoms with Gasteiger partial charge < -0.3 is 5.32 Å². The highest BCUT2D eigenvalue weighted by atomic mass is 16.1. The lowest BCUT2D eigenvalue weighted by atomic mass is 10.1. The number of para-hydroxylation sites is 2. The third-order valence-corrected chi connectivity index (χ3v) is 6.26. The van der Waals surface area contributed by atoms with E-state index in [0.717, 1.165) is 16.5 Å². The molecule has 1 amide bonds. The minimum Gasteiger partial charge on any atom is -0.326 e. The quantitative estimate of drug-likeness (QED) is 0.331. The zero-order valence-corrected chi connectivity index (χ0v) is 19.7. The van der Waals surface area contributed by atoms with Crippen molar-refractivity contribution in [2.24, 2.45) is 0 Å². The molecule has 0 saturated heterocycles. The van der Waals surface area contributed by atoms with E-state index in [2.05, 4.69) is 15.3 Å². The minimum atomic E-state index is -0.298. The van der Waals surface area contributed by atoms with Crippen LogP contribution in [0.25, 0.3) is 39.0 Å². The molecular weight excluding hydrogens is 462 g/mol. The van der Waals surface area contributed by atoms with Crippen LogP contribution in [0, 0.1) is 0 Å². The monoisotopic (exact) mass is 483 g/mol. The van der Waals surface area contributed by atoms with Crippen LogP contribution in [-0.2, 0) is 11.2 Å². The van der Waals surface area contributed by atoms with Gasteiger partial charge in [0.05, 0.1) is 22.6 Å². The molecule has 0 unspecified atom stereocenters. The van der Waals surface area contributed by atoms with Gasteiger partial charge in [-0.3, -0.25) is 14.2 Å². The third-order valence-electron chi connectivity index (χ3n) is 6.26. The molecule has 0 fully saturated rings. The van der Waals surface area contributed by atoms with Crippen LogP contribution in [-0.4, -0.2) is 25.9 Å². The number of carbonyl (C=O) groups is 1. The van der Waals surface area contributed by atoms with Crippen LogP contribution in [0.2, 0.25) is 0 Å². The Kier molecular flexibility index (Phi) is 5.71. The molecule has 0 aliphatic heterocycles. The van der Waals surface area contributed by atoms with Crippen molar-refractivity contribution >= 4 is 34.2 Å². The van der Waals surface area contributed by atoms with Crippen LogP contribution in [0.1, 0.15) is 11.3 Å². The van der Waals surface area contributed by atoms with Crippen molar-refractivity contribution in [3.8, 4) is 16.9 Å². The maximum absolute atomic E-state index is 13.9. The normalized spacial score (nSPS) is 11.0. The molecule has 0 radical (unpaired) electrons. The summed E-state index contributed by atoms with van der Waals surface area (Å²) in [6, 6.07) is 30.6. The second-order valence-corrected chi connectivity index (χ2v) is 8.56. The van der Waals surface area contributed by atoms with Crippen molar-refractivity contribution < 1.29 is 4.79 Å². The topological polar surface area (TPSA) is 89.8 Å². The van der Waals surface area contributed by atoms with Crippen molar-refractivity contribution in [2.45, 2.75) is 6.42 Å². The van der Waals surface area contributed by atoms with Gasteiger partial charge in [-0.05, 0) is 35.9 Å². The molecule has 6 aromatic rings. The molecule has 178 valence electrons. The Morgan fingerprint density at radius 1 is 0.784 bits per heavy atom. The van der Waals surface area contributed by atoms with E-state index in [1.165, 1.54) is 4.57 Å². The summed E-state index contributed by atoms with van der Waals surface area (Å²) in [5.41, 5.74) is 5.20. The molecule has 3 aromatic carbocycles. The lowest BCUT2D eigenvalue weighted by Crippen LogP contribution is -2.26. The van der Waals surface area contributed by atoms with Crippen molar-refractivity contribution in [1.82, 2.24) is 19.5 Å². The van der Waals surface area contributed by atoms with Crippen molar-refractivity contribution in [1.29, 1.82) is 0 Å². The van der Waals surface area contributed by atoms with Gasteiger partial charge in [0.2, 0.25) is 6.41 Å². The summed E-state index contributed by atoms with van der Waals surface area (Å²) in [5, 5.41) is 3.83. The summed E-state index contributed by atoms with van der Waals surface area (Å²) >= 11 is 0. The number of hydrogen-bond acceptors (Lipinski definition) is 5. The first kappa shape index (κ1) is 22.3. The molecule has 0 saturated carbocycles. The van der Waals surface area contributed by atoms with Gasteiger partial charge in [0.1, 0.15) is 11.2 Å². The van der Waals surface area contributed by atoms with Gasteiger partial charge in [-0.25, -0.2) is 15.0 Å². The molecule has 3 aromatic heterocycles. The molecule has 7 nitrogen and oxygen atoms in total. The lowest BCUT2D eigenvalue weighted by Gasteiger charge is -2.17. The first-order chi connectivity index (χ1) is 18.2. The van der Waals surface area contributed by atoms with E-state index in [4.69, 9.17) is 4.98 Å². The van der Waals surface area contributed by atoms with Crippen LogP contribution >= 0.6 is 0 Å². The van der Waals surface area contributed by atoms with Crippen LogP contribution < -0.4 is 10.9 Å². The molecule has 0 atom stereocenters. The van der Waals surface area contributed by atoms with E-state index in [1.807, 2.05) is 84.9 Å². The number of carbonyl (C=O) groups excluding carboxylic acids is 1. The average molecular weight is 484 g/mol. The Bertz CT molecular complexity index is 1830. The van der Waals surface area contributed by atoms with E-state index < -0.39 is 0 Å². The van der Waals surface area contributed by atoms with Crippen LogP contribution in [0.3, 0.4) is 0 Å². The van der Waals surface area contributed by atoms with Crippen molar-refractivity contribution in [3.63, 3.8) is 0 Å². The fourth-order valence-electron chi connectivity index (χ4n) is 4.56. The number of fused-ring (bicyclic) bond motifs is 2. The minimum absolute atomic E-state index is 0.298. The highest BCUT2D eigenvalue weighted by Gasteiger charge is 2.19. The number of nitrogens with one attached hydrogen (secondary N) is 1. The van der Waals surface area contributed by atoms with Gasteiger partial charge in [-0.15, -0.1) is 0 Å². The highest BCUT2D eigenvalue weighted by molar-refractivity contribution is 5.92. The van der Waals surface area contributed by atoms with E-state index >= 15 is 0 Å². The first-order valence-electron chi connectivity index (χ1n) is 11.8. The molecule has 6 rings (SSSR count). The predicted octanol–water partition coefficient (Wildman–Crippen LogP) is 5.16. The first-order valence-corrected chi connectivity index (χ1v) is 11.8. The second kappa shape index (κ2) is 9.47. The number of amides is 1. The summed E-state index contributed by atoms with van der Waals surface area (Å²) in [4.78, 5) is 39.6. The van der Waals surface area contributed by atoms with Gasteiger partial charge in [0, 0.05) is 23.6 Å². The van der Waals surface area contributed by atoms with Gasteiger partial charge in [0.25, 0.3) is 5.56 Å². The summed E-state index contributed by atoms with van der Waals surface area (Å²) in [7, 11) is 0. The second-order valence-electron chi connectivity index (χ2n) is 8.56. The number of anilines is 1. The Labute approximate surface area is 212 Å². The molecule has 1 N–H and O–H groups in total. The van der Waals surface area contributed by atoms with E-state index in [1.54, 1.807) is 18.3 Å². The zero-order chi connectivity index (χ0) is 25.2. The Balaban J connectivity index is 1.60. The van der Waals surface area contributed by atoms with Crippen molar-refractivity contribution in [3.05, 3.63) is 125 Å². The maximum atomic E-state index is 13.9. The predicted molar refractivity (Wildman–Crippen MR) is 145 cm³/mol. The number of rotatable bonds is 6. The van der Waals surface area contributed by atoms with Crippen LogP contribution in [0.15, 0.2) is 108 Å². The van der Waals surface area contributed by atoms with Crippen LogP contribution in [0.4, 0.5) is 5.69 Å². The molecule has 0 spiro atoms. The molecule has 0 bridgehead atoms. The van der Waals surface area contributed by atoms with Gasteiger partial charge in [0.15, 0.2) is 5.65 Å². The molecule has 0 aliphatic rings. The molecule has 0 aliphatic carbocycles. The largest absolute Gasteiger partial charge is 0.326 e. The van der Waals surface area contributed by atoms with Gasteiger partial charge in [-0.2, -0.15) is 0 Å². The van der Waals surface area contributed by atoms with Crippen LogP contribution in [0.5, 0.6) is 0 Å². The van der Waals surface area contributed by atoms with E-state index in [0.29, 0.717) is 52.3 Å². The van der Waals surface area contributed by atoms with E-state index in [-0.39, 0.29) is 5.56 Å². The van der Waals surface area contributed by atoms with Crippen molar-refractivity contribution in [2.75, 3.05) is 5.32 Å². The molecular formula is C30H21N5O2. The molecule has 3 heterocycles. The smallest absolute Gasteiger partial charge is 0.278 e. The SMILES string of the molecule is O=CNc1c(-c2ccc3ccccc3n2)cccc1-n1c(=O)c(Cc2ccccc2)nc2cccnc21. The Morgan fingerprint density at radius 2 is 1.59 bits per heavy atom. The van der Waals surface area contributed by atoms with E-state index in [9.17, 15) is 9.59 Å². The van der Waals surface area contributed by atoms with Gasteiger partial charge >= 0.3 is 0 Å². The molecule has 37 heavy (non-hydrogen) atoms. The number of aromatic nitrogens is 4. The number of nitrogens with zero attached hydrogens (tertiary/aromatic N) is 4. The fraction of sp³-hybridized carbons (Fsp3) is 0.0333. The maximum Gasteiger partial charge on any atom is 0.278 e. The standard InChI is InChI=1S/C30H21N5O2/c36-19-32-28-22(24-16-15-21-10-4-5-12-23(21)33-24)11-6-14-27(28)35-29-25(13-7-17-31-29)34-26(30(35)37)18-20-8-2-1-3-9-20/h1-17,19H,18H2,(H,32,36). The third kappa shape index (κ3) is 4.12.